The Kier molecular flexibility index (Phi) is 3.15. The number of nitrogens with two attached hydrogens (primary N) is 1. The van der Waals surface area contributed by atoms with Crippen molar-refractivity contribution in [1.29, 1.82) is 5.26 Å². The van der Waals surface area contributed by atoms with Crippen LogP contribution in [-0.2, 0) is 0 Å². The van der Waals surface area contributed by atoms with E-state index >= 15 is 0 Å². The Balaban J connectivity index is 2.57. The molecule has 0 spiro atoms. The fraction of sp³-hybridized carbons (Fsp3) is 0.0769. The van der Waals surface area contributed by atoms with Crippen LogP contribution in [0.3, 0.4) is 0 Å². The van der Waals surface area contributed by atoms with Crippen molar-refractivity contribution in [1.82, 2.24) is 4.98 Å². The fourth-order valence-electron chi connectivity index (χ4n) is 1.63. The van der Waals surface area contributed by atoms with Crippen molar-refractivity contribution < 1.29 is 5.11 Å². The van der Waals surface area contributed by atoms with Crippen molar-refractivity contribution >= 4 is 0 Å². The van der Waals surface area contributed by atoms with Crippen molar-refractivity contribution in [3.8, 4) is 17.3 Å². The molecule has 84 valence electrons. The molecular formula is C13H11N3O. The molecule has 1 atom stereocenters. The minimum atomic E-state index is -1.08. The maximum atomic E-state index is 9.47. The maximum Gasteiger partial charge on any atom is 0.130 e. The highest BCUT2D eigenvalue weighted by molar-refractivity contribution is 5.65. The van der Waals surface area contributed by atoms with Gasteiger partial charge in [-0.15, -0.1) is 0 Å². The number of hydrogen-bond acceptors (Lipinski definition) is 4. The second kappa shape index (κ2) is 4.74. The predicted octanol–water partition coefficient (Wildman–Crippen LogP) is 1.57. The minimum Gasteiger partial charge on any atom is -0.374 e. The van der Waals surface area contributed by atoms with E-state index < -0.39 is 6.23 Å². The monoisotopic (exact) mass is 225 g/mol. The number of aliphatic hydroxyl groups is 1. The summed E-state index contributed by atoms with van der Waals surface area (Å²) in [6.45, 7) is 0. The van der Waals surface area contributed by atoms with Crippen molar-refractivity contribution in [2.45, 2.75) is 6.23 Å². The molecule has 0 amide bonds. The maximum absolute atomic E-state index is 9.47. The fourth-order valence-corrected chi connectivity index (χ4v) is 1.63. The molecule has 1 aromatic heterocycles. The third-order valence-corrected chi connectivity index (χ3v) is 2.42. The second-order valence-corrected chi connectivity index (χ2v) is 3.58. The summed E-state index contributed by atoms with van der Waals surface area (Å²) in [7, 11) is 0. The molecular weight excluding hydrogens is 214 g/mol. The first-order valence-electron chi connectivity index (χ1n) is 5.11. The van der Waals surface area contributed by atoms with Gasteiger partial charge in [-0.2, -0.15) is 5.26 Å². The summed E-state index contributed by atoms with van der Waals surface area (Å²) < 4.78 is 0. The lowest BCUT2D eigenvalue weighted by atomic mass is 10.0. The van der Waals surface area contributed by atoms with Gasteiger partial charge >= 0.3 is 0 Å². The molecule has 0 radical (unpaired) electrons. The Morgan fingerprint density at radius 3 is 2.82 bits per heavy atom. The van der Waals surface area contributed by atoms with Crippen molar-refractivity contribution in [2.24, 2.45) is 5.73 Å². The van der Waals surface area contributed by atoms with Crippen molar-refractivity contribution in [2.75, 3.05) is 0 Å². The van der Waals surface area contributed by atoms with Crippen LogP contribution < -0.4 is 5.73 Å². The number of nitrogens with zero attached hydrogens (tertiary/aromatic N) is 2. The highest BCUT2D eigenvalue weighted by Gasteiger charge is 2.10. The van der Waals surface area contributed by atoms with Gasteiger partial charge < -0.3 is 10.8 Å². The van der Waals surface area contributed by atoms with E-state index in [1.165, 1.54) is 0 Å². The Morgan fingerprint density at radius 2 is 2.12 bits per heavy atom. The van der Waals surface area contributed by atoms with Gasteiger partial charge in [0.05, 0.1) is 17.3 Å². The van der Waals surface area contributed by atoms with Gasteiger partial charge in [-0.1, -0.05) is 18.2 Å². The lowest BCUT2D eigenvalue weighted by molar-refractivity contribution is 0.186. The summed E-state index contributed by atoms with van der Waals surface area (Å²) in [5, 5.41) is 18.3. The first-order valence-corrected chi connectivity index (χ1v) is 5.11. The molecule has 1 aromatic carbocycles. The van der Waals surface area contributed by atoms with E-state index in [9.17, 15) is 5.11 Å². The van der Waals surface area contributed by atoms with E-state index in [1.54, 1.807) is 36.5 Å². The van der Waals surface area contributed by atoms with Crippen LogP contribution in [0.1, 0.15) is 17.4 Å². The Labute approximate surface area is 99.0 Å². The van der Waals surface area contributed by atoms with Crippen molar-refractivity contribution in [3.05, 3.63) is 53.7 Å². The summed E-state index contributed by atoms with van der Waals surface area (Å²) in [6.07, 6.45) is 0.546. The normalized spacial score (nSPS) is 11.8. The Bertz CT molecular complexity index is 573. The largest absolute Gasteiger partial charge is 0.374 e. The third kappa shape index (κ3) is 2.31. The minimum absolute atomic E-state index is 0.544. The van der Waals surface area contributed by atoms with Crippen LogP contribution >= 0.6 is 0 Å². The van der Waals surface area contributed by atoms with Crippen LogP contribution in [0.15, 0.2) is 42.6 Å². The first-order chi connectivity index (χ1) is 8.22. The number of pyridine rings is 1. The molecule has 0 aliphatic heterocycles. The van der Waals surface area contributed by atoms with Gasteiger partial charge in [0.2, 0.25) is 0 Å². The van der Waals surface area contributed by atoms with Gasteiger partial charge in [0.1, 0.15) is 6.23 Å². The molecule has 0 aliphatic carbocycles. The molecule has 0 saturated heterocycles. The molecule has 0 aliphatic rings. The predicted molar refractivity (Wildman–Crippen MR) is 63.5 cm³/mol. The summed E-state index contributed by atoms with van der Waals surface area (Å²) in [4.78, 5) is 4.20. The van der Waals surface area contributed by atoms with Gasteiger partial charge in [0.25, 0.3) is 0 Å². The zero-order chi connectivity index (χ0) is 12.3. The van der Waals surface area contributed by atoms with Crippen LogP contribution in [-0.4, -0.2) is 10.1 Å². The lowest BCUT2D eigenvalue weighted by Crippen LogP contribution is -2.10. The van der Waals surface area contributed by atoms with Gasteiger partial charge in [-0.3, -0.25) is 4.98 Å². The lowest BCUT2D eigenvalue weighted by Gasteiger charge is -2.10. The van der Waals surface area contributed by atoms with Crippen LogP contribution in [0.5, 0.6) is 0 Å². The number of benzene rings is 1. The molecule has 1 heterocycles. The molecule has 2 aromatic rings. The van der Waals surface area contributed by atoms with E-state index in [0.717, 1.165) is 5.56 Å². The van der Waals surface area contributed by atoms with E-state index in [0.29, 0.717) is 16.8 Å². The Hall–Kier alpha value is -2.22. The van der Waals surface area contributed by atoms with E-state index in [-0.39, 0.29) is 0 Å². The summed E-state index contributed by atoms with van der Waals surface area (Å²) in [5.41, 5.74) is 7.93. The SMILES string of the molecule is N#Cc1cccc(-c2ncccc2C(N)O)c1. The standard InChI is InChI=1S/C13H11N3O/c14-8-9-3-1-4-10(7-9)12-11(13(15)17)5-2-6-16-12/h1-7,13,17H,15H2. The van der Waals surface area contributed by atoms with Crippen LogP contribution in [0.25, 0.3) is 11.3 Å². The van der Waals surface area contributed by atoms with E-state index in [1.807, 2.05) is 6.07 Å². The molecule has 0 saturated carbocycles. The van der Waals surface area contributed by atoms with Gasteiger partial charge in [0.15, 0.2) is 0 Å². The van der Waals surface area contributed by atoms with Crippen molar-refractivity contribution in [3.63, 3.8) is 0 Å². The average molecular weight is 225 g/mol. The molecule has 4 nitrogen and oxygen atoms in total. The topological polar surface area (TPSA) is 82.9 Å². The molecule has 17 heavy (non-hydrogen) atoms. The highest BCUT2D eigenvalue weighted by Crippen LogP contribution is 2.24. The zero-order valence-electron chi connectivity index (χ0n) is 9.04. The number of nitriles is 1. The van der Waals surface area contributed by atoms with Gasteiger partial charge in [-0.25, -0.2) is 0 Å². The quantitative estimate of drug-likeness (QED) is 0.760. The molecule has 3 N–H and O–H groups in total. The van der Waals surface area contributed by atoms with Crippen LogP contribution in [0.2, 0.25) is 0 Å². The highest BCUT2D eigenvalue weighted by atomic mass is 16.3. The van der Waals surface area contributed by atoms with E-state index in [2.05, 4.69) is 11.1 Å². The van der Waals surface area contributed by atoms with Crippen LogP contribution in [0, 0.1) is 11.3 Å². The summed E-state index contributed by atoms with van der Waals surface area (Å²) in [6, 6.07) is 12.5. The smallest absolute Gasteiger partial charge is 0.130 e. The molecule has 4 heteroatoms. The van der Waals surface area contributed by atoms with Crippen LogP contribution in [0.4, 0.5) is 0 Å². The summed E-state index contributed by atoms with van der Waals surface area (Å²) >= 11 is 0. The first kappa shape index (κ1) is 11.3. The molecule has 0 fully saturated rings. The summed E-state index contributed by atoms with van der Waals surface area (Å²) in [5.74, 6) is 0. The average Bonchev–Trinajstić information content (AvgIpc) is 2.39. The number of rotatable bonds is 2. The third-order valence-electron chi connectivity index (χ3n) is 2.42. The zero-order valence-corrected chi connectivity index (χ0v) is 9.04. The number of aromatic nitrogens is 1. The number of aliphatic hydroxyl groups excluding tert-OH is 1. The molecule has 0 bridgehead atoms. The second-order valence-electron chi connectivity index (χ2n) is 3.58. The molecule has 2 rings (SSSR count). The van der Waals surface area contributed by atoms with Gasteiger partial charge in [0, 0.05) is 17.3 Å². The Morgan fingerprint density at radius 1 is 1.29 bits per heavy atom. The van der Waals surface area contributed by atoms with Gasteiger partial charge in [-0.05, 0) is 18.2 Å². The van der Waals surface area contributed by atoms with E-state index in [4.69, 9.17) is 11.0 Å². The number of hydrogen-bond donors (Lipinski definition) is 2. The molecule has 1 unspecified atom stereocenters.